The fourth-order valence-electron chi connectivity index (χ4n) is 2.91. The zero-order chi connectivity index (χ0) is 21.8. The number of halogens is 3. The molecule has 0 saturated carbocycles. The van der Waals surface area contributed by atoms with E-state index in [0.717, 1.165) is 5.56 Å². The van der Waals surface area contributed by atoms with Gasteiger partial charge in [0.15, 0.2) is 0 Å². The summed E-state index contributed by atoms with van der Waals surface area (Å²) in [6.45, 7) is 0.151. The van der Waals surface area contributed by atoms with Crippen LogP contribution < -0.4 is 15.0 Å². The Hall–Kier alpha value is -3.26. The average Bonchev–Trinajstić information content (AvgIpc) is 2.74. The molecule has 0 unspecified atom stereocenters. The molecule has 3 aromatic rings. The van der Waals surface area contributed by atoms with Crippen LogP contribution in [0.4, 0.5) is 8.78 Å². The number of methoxy groups -OCH3 is 2. The molecule has 0 fully saturated rings. The predicted molar refractivity (Wildman–Crippen MR) is 108 cm³/mol. The topological polar surface area (TPSA) is 70.4 Å². The lowest BCUT2D eigenvalue weighted by Gasteiger charge is -2.14. The zero-order valence-electron chi connectivity index (χ0n) is 16.1. The van der Waals surface area contributed by atoms with Gasteiger partial charge in [0.2, 0.25) is 11.7 Å². The molecule has 1 heterocycles. The van der Waals surface area contributed by atoms with Crippen LogP contribution in [0.5, 0.6) is 11.6 Å². The molecule has 0 N–H and O–H groups in total. The van der Waals surface area contributed by atoms with Crippen LogP contribution >= 0.6 is 11.6 Å². The van der Waals surface area contributed by atoms with Gasteiger partial charge in [0.25, 0.3) is 5.56 Å². The van der Waals surface area contributed by atoms with E-state index in [1.807, 2.05) is 0 Å². The Kier molecular flexibility index (Phi) is 6.47. The van der Waals surface area contributed by atoms with E-state index in [4.69, 9.17) is 21.1 Å². The number of alkyl halides is 2. The highest BCUT2D eigenvalue weighted by atomic mass is 35.5. The monoisotopic (exact) mass is 434 g/mol. The average molecular weight is 435 g/mol. The number of carbonyl (C=O) groups is 1. The summed E-state index contributed by atoms with van der Waals surface area (Å²) >= 11 is 6.00. The second kappa shape index (κ2) is 9.04. The molecule has 0 spiro atoms. The van der Waals surface area contributed by atoms with Crippen LogP contribution in [0.15, 0.2) is 53.3 Å². The van der Waals surface area contributed by atoms with Gasteiger partial charge in [-0.2, -0.15) is 0 Å². The van der Waals surface area contributed by atoms with Crippen molar-refractivity contribution in [3.63, 3.8) is 0 Å². The summed E-state index contributed by atoms with van der Waals surface area (Å²) in [5, 5.41) is 4.40. The smallest absolute Gasteiger partial charge is 0.300 e. The molecular formula is C21H17ClF2N2O4. The fourth-order valence-corrected chi connectivity index (χ4v) is 3.08. The van der Waals surface area contributed by atoms with Crippen molar-refractivity contribution in [2.24, 2.45) is 0 Å². The first-order valence-electron chi connectivity index (χ1n) is 8.75. The predicted octanol–water partition coefficient (Wildman–Crippen LogP) is 4.08. The van der Waals surface area contributed by atoms with Gasteiger partial charge in [-0.25, -0.2) is 13.5 Å². The lowest BCUT2D eigenvalue weighted by atomic mass is 9.98. The number of ketones is 1. The van der Waals surface area contributed by atoms with Gasteiger partial charge in [-0.05, 0) is 41.5 Å². The molecule has 0 bridgehead atoms. The summed E-state index contributed by atoms with van der Waals surface area (Å²) in [4.78, 5) is 24.6. The molecule has 0 aliphatic rings. The number of carbonyl (C=O) groups excluding carboxylic acids is 1. The Bertz CT molecular complexity index is 1130. The molecule has 0 amide bonds. The molecule has 2 aromatic carbocycles. The van der Waals surface area contributed by atoms with Crippen LogP contribution in [0.2, 0.25) is 5.02 Å². The van der Waals surface area contributed by atoms with Crippen molar-refractivity contribution < 1.29 is 23.0 Å². The van der Waals surface area contributed by atoms with E-state index < -0.39 is 17.8 Å². The molecule has 1 aromatic heterocycles. The van der Waals surface area contributed by atoms with Gasteiger partial charge >= 0.3 is 6.43 Å². The van der Waals surface area contributed by atoms with Crippen molar-refractivity contribution in [1.82, 2.24) is 9.78 Å². The van der Waals surface area contributed by atoms with Crippen molar-refractivity contribution >= 4 is 17.4 Å². The first-order valence-corrected chi connectivity index (χ1v) is 9.13. The third-order valence-corrected chi connectivity index (χ3v) is 4.62. The van der Waals surface area contributed by atoms with Crippen molar-refractivity contribution in [1.29, 1.82) is 0 Å². The Balaban J connectivity index is 2.08. The van der Waals surface area contributed by atoms with Crippen molar-refractivity contribution in [3.8, 4) is 22.8 Å². The van der Waals surface area contributed by atoms with E-state index in [1.54, 1.807) is 31.4 Å². The molecule has 30 heavy (non-hydrogen) atoms. The van der Waals surface area contributed by atoms with E-state index in [-0.39, 0.29) is 34.1 Å². The largest absolute Gasteiger partial charge is 0.497 e. The third kappa shape index (κ3) is 4.49. The van der Waals surface area contributed by atoms with Gasteiger partial charge in [0, 0.05) is 16.7 Å². The summed E-state index contributed by atoms with van der Waals surface area (Å²) in [6, 6.07) is 12.1. The van der Waals surface area contributed by atoms with Crippen molar-refractivity contribution in [2.75, 3.05) is 14.2 Å². The number of benzene rings is 2. The summed E-state index contributed by atoms with van der Waals surface area (Å²) in [6.07, 6.45) is -3.21. The van der Waals surface area contributed by atoms with E-state index in [1.165, 1.54) is 36.1 Å². The minimum atomic E-state index is -3.21. The maximum atomic E-state index is 13.0. The van der Waals surface area contributed by atoms with Gasteiger partial charge in [-0.3, -0.25) is 9.59 Å². The van der Waals surface area contributed by atoms with E-state index in [9.17, 15) is 18.4 Å². The Morgan fingerprint density at radius 3 is 2.37 bits per heavy atom. The third-order valence-electron chi connectivity index (χ3n) is 4.38. The quantitative estimate of drug-likeness (QED) is 0.524. The summed E-state index contributed by atoms with van der Waals surface area (Å²) < 4.78 is 37.6. The van der Waals surface area contributed by atoms with Gasteiger partial charge in [0.1, 0.15) is 5.75 Å². The zero-order valence-corrected chi connectivity index (χ0v) is 16.8. The lowest BCUT2D eigenvalue weighted by molar-refractivity contribution is 0.0679. The highest BCUT2D eigenvalue weighted by Crippen LogP contribution is 2.33. The Morgan fingerprint density at radius 1 is 1.07 bits per heavy atom. The summed E-state index contributed by atoms with van der Waals surface area (Å²) in [5.74, 6) is -0.719. The second-order valence-electron chi connectivity index (χ2n) is 6.27. The molecule has 3 rings (SSSR count). The van der Waals surface area contributed by atoms with Gasteiger partial charge in [0.05, 0.1) is 26.3 Å². The molecule has 0 aliphatic carbocycles. The number of aromatic nitrogens is 2. The molecular weight excluding hydrogens is 418 g/mol. The molecule has 0 atom stereocenters. The van der Waals surface area contributed by atoms with Crippen molar-refractivity contribution in [2.45, 2.75) is 13.0 Å². The summed E-state index contributed by atoms with van der Waals surface area (Å²) in [5.41, 5.74) is 0.154. The molecule has 9 heteroatoms. The number of nitrogens with zero attached hydrogens (tertiary/aromatic N) is 2. The molecule has 0 radical (unpaired) electrons. The molecule has 156 valence electrons. The van der Waals surface area contributed by atoms with Crippen molar-refractivity contribution in [3.05, 3.63) is 75.0 Å². The highest BCUT2D eigenvalue weighted by molar-refractivity contribution is 6.31. The Morgan fingerprint density at radius 2 is 1.77 bits per heavy atom. The molecule has 6 nitrogen and oxygen atoms in total. The normalized spacial score (nSPS) is 10.9. The number of hydrogen-bond donors (Lipinski definition) is 0. The van der Waals surface area contributed by atoms with E-state index in [0.29, 0.717) is 5.75 Å². The fraction of sp³-hybridized carbons (Fsp3) is 0.190. The number of rotatable bonds is 7. The van der Waals surface area contributed by atoms with E-state index >= 15 is 0 Å². The maximum Gasteiger partial charge on any atom is 0.300 e. The maximum absolute atomic E-state index is 13.0. The molecule has 0 aliphatic heterocycles. The standard InChI is InChI=1S/C21H17ClF2N2O4/c1-29-14-6-3-12(4-7-14)11-26-18(27)10-17(21(25-26)30-2)16-9-13(22)5-8-15(16)19(28)20(23)24/h3-10,20H,11H2,1-2H3. The lowest BCUT2D eigenvalue weighted by Crippen LogP contribution is -2.24. The van der Waals surface area contributed by atoms with Gasteiger partial charge in [-0.15, -0.1) is 5.10 Å². The van der Waals surface area contributed by atoms with Crippen LogP contribution in [-0.4, -0.2) is 36.2 Å². The van der Waals surface area contributed by atoms with Crippen LogP contribution in [0, 0.1) is 0 Å². The SMILES string of the molecule is COc1ccc(Cn2nc(OC)c(-c3cc(Cl)ccc3C(=O)C(F)F)cc2=O)cc1. The number of ether oxygens (including phenoxy) is 2. The van der Waals surface area contributed by atoms with Gasteiger partial charge < -0.3 is 9.47 Å². The second-order valence-corrected chi connectivity index (χ2v) is 6.70. The first-order chi connectivity index (χ1) is 14.3. The summed E-state index contributed by atoms with van der Waals surface area (Å²) in [7, 11) is 2.88. The minimum absolute atomic E-state index is 0.00584. The first kappa shape index (κ1) is 21.4. The van der Waals surface area contributed by atoms with Gasteiger partial charge in [-0.1, -0.05) is 23.7 Å². The van der Waals surface area contributed by atoms with Crippen LogP contribution in [0.3, 0.4) is 0 Å². The highest BCUT2D eigenvalue weighted by Gasteiger charge is 2.24. The number of hydrogen-bond acceptors (Lipinski definition) is 5. The Labute approximate surface area is 175 Å². The van der Waals surface area contributed by atoms with Crippen LogP contribution in [0.25, 0.3) is 11.1 Å². The van der Waals surface area contributed by atoms with Crippen LogP contribution in [-0.2, 0) is 6.54 Å². The van der Waals surface area contributed by atoms with E-state index in [2.05, 4.69) is 5.10 Å². The van der Waals surface area contributed by atoms with Crippen LogP contribution in [0.1, 0.15) is 15.9 Å². The number of Topliss-reactive ketones (excluding diaryl/α,β-unsaturated/α-hetero) is 1. The molecule has 0 saturated heterocycles. The minimum Gasteiger partial charge on any atom is -0.497 e.